The van der Waals surface area contributed by atoms with Crippen molar-refractivity contribution in [1.29, 1.82) is 0 Å². The highest BCUT2D eigenvalue weighted by Gasteiger charge is 2.33. The molecule has 41 heavy (non-hydrogen) atoms. The first-order valence-corrected chi connectivity index (χ1v) is 15.0. The standard InChI is InChI=1S/C31H44N8O2/c1-23(2)40-28-19-25(20-29(21-28)41-24(3)4)22-37-15-7-26(8-16-37)39(31-34-13-6-14-35-31)27-9-17-38(18-10-27)36-30-32-11-5-12-33-30/h5-6,11-14,19-21,23-24,26-27H,7-10,15-18,22H2,1-4H3,(H,32,33,36). The van der Waals surface area contributed by atoms with E-state index in [1.807, 2.05) is 30.6 Å². The first-order valence-electron chi connectivity index (χ1n) is 15.0. The van der Waals surface area contributed by atoms with Crippen LogP contribution in [0.15, 0.2) is 55.1 Å². The van der Waals surface area contributed by atoms with Crippen molar-refractivity contribution >= 4 is 11.9 Å². The normalized spacial score (nSPS) is 17.6. The molecule has 0 amide bonds. The summed E-state index contributed by atoms with van der Waals surface area (Å²) < 4.78 is 12.1. The van der Waals surface area contributed by atoms with E-state index < -0.39 is 0 Å². The summed E-state index contributed by atoms with van der Waals surface area (Å²) in [5.41, 5.74) is 4.58. The zero-order valence-electron chi connectivity index (χ0n) is 24.8. The van der Waals surface area contributed by atoms with E-state index in [1.165, 1.54) is 5.56 Å². The Morgan fingerprint density at radius 1 is 0.756 bits per heavy atom. The molecule has 2 saturated heterocycles. The second-order valence-corrected chi connectivity index (χ2v) is 11.5. The van der Waals surface area contributed by atoms with Gasteiger partial charge in [-0.25, -0.2) is 24.9 Å². The molecule has 0 aliphatic carbocycles. The Bertz CT molecular complexity index is 1170. The summed E-state index contributed by atoms with van der Waals surface area (Å²) >= 11 is 0. The molecular formula is C31H44N8O2. The molecule has 2 aliphatic heterocycles. The van der Waals surface area contributed by atoms with Gasteiger partial charge in [0, 0.05) is 75.7 Å². The van der Waals surface area contributed by atoms with Gasteiger partial charge in [0.25, 0.3) is 0 Å². The second-order valence-electron chi connectivity index (χ2n) is 11.5. The summed E-state index contributed by atoms with van der Waals surface area (Å²) in [4.78, 5) is 23.1. The van der Waals surface area contributed by atoms with E-state index in [9.17, 15) is 0 Å². The Labute approximate surface area is 244 Å². The lowest BCUT2D eigenvalue weighted by atomic mass is 9.97. The van der Waals surface area contributed by atoms with Crippen LogP contribution in [0.25, 0.3) is 0 Å². The predicted molar refractivity (Wildman–Crippen MR) is 161 cm³/mol. The third-order valence-electron chi connectivity index (χ3n) is 7.50. The topological polar surface area (TPSA) is 91.8 Å². The van der Waals surface area contributed by atoms with Crippen LogP contribution in [0.1, 0.15) is 58.9 Å². The maximum atomic E-state index is 6.04. The summed E-state index contributed by atoms with van der Waals surface area (Å²) in [6.07, 6.45) is 11.7. The molecule has 220 valence electrons. The smallest absolute Gasteiger partial charge is 0.237 e. The number of aromatic nitrogens is 4. The molecule has 1 N–H and O–H groups in total. The van der Waals surface area contributed by atoms with Crippen LogP contribution in [0.4, 0.5) is 11.9 Å². The number of benzene rings is 1. The van der Waals surface area contributed by atoms with Crippen molar-refractivity contribution in [3.8, 4) is 11.5 Å². The number of rotatable bonds is 11. The fourth-order valence-electron chi connectivity index (χ4n) is 5.82. The highest BCUT2D eigenvalue weighted by Crippen LogP contribution is 2.30. The Morgan fingerprint density at radius 2 is 1.27 bits per heavy atom. The van der Waals surface area contributed by atoms with Gasteiger partial charge in [0.05, 0.1) is 12.2 Å². The largest absolute Gasteiger partial charge is 0.491 e. The molecule has 3 aromatic rings. The third-order valence-corrected chi connectivity index (χ3v) is 7.50. The van der Waals surface area contributed by atoms with Crippen LogP contribution < -0.4 is 19.8 Å². The van der Waals surface area contributed by atoms with E-state index in [2.05, 4.69) is 70.0 Å². The van der Waals surface area contributed by atoms with Gasteiger partial charge in [-0.1, -0.05) is 0 Å². The Hall–Kier alpha value is -3.50. The van der Waals surface area contributed by atoms with Crippen molar-refractivity contribution in [2.45, 2.75) is 84.2 Å². The molecule has 0 spiro atoms. The molecule has 0 saturated carbocycles. The Balaban J connectivity index is 1.22. The van der Waals surface area contributed by atoms with Crippen LogP contribution in [0.5, 0.6) is 11.5 Å². The average Bonchev–Trinajstić information content (AvgIpc) is 2.95. The highest BCUT2D eigenvalue weighted by atomic mass is 16.5. The van der Waals surface area contributed by atoms with Gasteiger partial charge in [0.2, 0.25) is 11.9 Å². The quantitative estimate of drug-likeness (QED) is 0.352. The van der Waals surface area contributed by atoms with Gasteiger partial charge >= 0.3 is 0 Å². The molecule has 0 unspecified atom stereocenters. The number of nitrogens with one attached hydrogen (secondary N) is 1. The zero-order chi connectivity index (χ0) is 28.6. The monoisotopic (exact) mass is 560 g/mol. The van der Waals surface area contributed by atoms with Gasteiger partial charge in [0.1, 0.15) is 11.5 Å². The Morgan fingerprint density at radius 3 is 1.80 bits per heavy atom. The minimum Gasteiger partial charge on any atom is -0.491 e. The van der Waals surface area contributed by atoms with Crippen LogP contribution in [0.3, 0.4) is 0 Å². The van der Waals surface area contributed by atoms with Crippen LogP contribution >= 0.6 is 0 Å². The molecule has 2 aromatic heterocycles. The maximum absolute atomic E-state index is 6.04. The van der Waals surface area contributed by atoms with E-state index in [-0.39, 0.29) is 12.2 Å². The molecule has 0 bridgehead atoms. The first kappa shape index (κ1) is 29.0. The molecule has 10 nitrogen and oxygen atoms in total. The van der Waals surface area contributed by atoms with Gasteiger partial charge in [-0.15, -0.1) is 0 Å². The van der Waals surface area contributed by atoms with E-state index in [0.717, 1.165) is 75.9 Å². The highest BCUT2D eigenvalue weighted by molar-refractivity contribution is 5.39. The number of piperidine rings is 2. The second kappa shape index (κ2) is 13.9. The summed E-state index contributed by atoms with van der Waals surface area (Å²) in [6, 6.07) is 10.8. The fraction of sp³-hybridized carbons (Fsp3) is 0.548. The molecular weight excluding hydrogens is 516 g/mol. The number of hydrazine groups is 1. The average molecular weight is 561 g/mol. The maximum Gasteiger partial charge on any atom is 0.237 e. The molecule has 2 fully saturated rings. The van der Waals surface area contributed by atoms with Crippen LogP contribution in [0.2, 0.25) is 0 Å². The number of hydrogen-bond acceptors (Lipinski definition) is 10. The Kier molecular flexibility index (Phi) is 9.84. The summed E-state index contributed by atoms with van der Waals surface area (Å²) in [5, 5.41) is 2.22. The van der Waals surface area contributed by atoms with Crippen LogP contribution in [-0.2, 0) is 6.54 Å². The number of hydrogen-bond donors (Lipinski definition) is 1. The van der Waals surface area contributed by atoms with Gasteiger partial charge in [-0.05, 0) is 83.2 Å². The van der Waals surface area contributed by atoms with Crippen molar-refractivity contribution in [2.75, 3.05) is 36.5 Å². The van der Waals surface area contributed by atoms with Gasteiger partial charge in [-0.3, -0.25) is 10.3 Å². The van der Waals surface area contributed by atoms with E-state index in [4.69, 9.17) is 19.4 Å². The van der Waals surface area contributed by atoms with Crippen molar-refractivity contribution in [3.63, 3.8) is 0 Å². The van der Waals surface area contributed by atoms with Crippen molar-refractivity contribution in [1.82, 2.24) is 29.8 Å². The summed E-state index contributed by atoms with van der Waals surface area (Å²) in [7, 11) is 0. The molecule has 0 radical (unpaired) electrons. The van der Waals surface area contributed by atoms with E-state index >= 15 is 0 Å². The van der Waals surface area contributed by atoms with E-state index in [0.29, 0.717) is 18.0 Å². The minimum atomic E-state index is 0.119. The number of likely N-dealkylation sites (tertiary alicyclic amines) is 1. The number of nitrogens with zero attached hydrogens (tertiary/aromatic N) is 7. The van der Waals surface area contributed by atoms with Crippen LogP contribution in [-0.4, -0.2) is 80.3 Å². The molecule has 1 aromatic carbocycles. The summed E-state index contributed by atoms with van der Waals surface area (Å²) in [5.74, 6) is 3.23. The zero-order valence-corrected chi connectivity index (χ0v) is 24.8. The number of ether oxygens (including phenoxy) is 2. The van der Waals surface area contributed by atoms with Crippen molar-refractivity contribution < 1.29 is 9.47 Å². The van der Waals surface area contributed by atoms with Crippen LogP contribution in [0, 0.1) is 0 Å². The molecule has 0 atom stereocenters. The van der Waals surface area contributed by atoms with Crippen molar-refractivity contribution in [3.05, 3.63) is 60.7 Å². The number of anilines is 2. The fourth-order valence-corrected chi connectivity index (χ4v) is 5.82. The lowest BCUT2D eigenvalue weighted by Crippen LogP contribution is -2.53. The lowest BCUT2D eigenvalue weighted by molar-refractivity contribution is 0.182. The third kappa shape index (κ3) is 8.27. The molecule has 5 rings (SSSR count). The SMILES string of the molecule is CC(C)Oc1cc(CN2CCC(N(c3ncccn3)C3CCN(Nc4ncccn4)CC3)CC2)cc(OC(C)C)c1. The molecule has 4 heterocycles. The van der Waals surface area contributed by atoms with Crippen molar-refractivity contribution in [2.24, 2.45) is 0 Å². The van der Waals surface area contributed by atoms with E-state index in [1.54, 1.807) is 12.4 Å². The predicted octanol–water partition coefficient (Wildman–Crippen LogP) is 4.80. The molecule has 10 heteroatoms. The lowest BCUT2D eigenvalue weighted by Gasteiger charge is -2.45. The van der Waals surface area contributed by atoms with Gasteiger partial charge in [0.15, 0.2) is 0 Å². The minimum absolute atomic E-state index is 0.119. The first-order chi connectivity index (χ1) is 19.9. The molecule has 2 aliphatic rings. The summed E-state index contributed by atoms with van der Waals surface area (Å²) in [6.45, 7) is 13.0. The van der Waals surface area contributed by atoms with Gasteiger partial charge in [-0.2, -0.15) is 0 Å². The van der Waals surface area contributed by atoms with Gasteiger partial charge < -0.3 is 14.4 Å².